The monoisotopic (exact) mass is 799 g/mol. The number of imidazole rings is 1. The van der Waals surface area contributed by atoms with Gasteiger partial charge in [-0.1, -0.05) is 36.1 Å². The SMILES string of the molecule is C[C@@H]1CNc2c(sc3ccc4nc(-c5cccc(C#CCNC(=O)COCCOCCc6cccc7c6n(C)c(=O)n7C6CCC(=O)NC6=O)c5)ccc4c23)C(=O)N1. The number of carbonyl (C=O) groups is 4. The summed E-state index contributed by atoms with van der Waals surface area (Å²) in [6.45, 7) is 3.51. The summed E-state index contributed by atoms with van der Waals surface area (Å²) < 4.78 is 15.3. The smallest absolute Gasteiger partial charge is 0.329 e. The van der Waals surface area contributed by atoms with E-state index < -0.39 is 11.9 Å². The summed E-state index contributed by atoms with van der Waals surface area (Å²) in [7, 11) is 1.67. The molecule has 8 rings (SSSR count). The number of aromatic nitrogens is 3. The molecule has 6 aromatic rings. The van der Waals surface area contributed by atoms with Gasteiger partial charge in [-0.3, -0.25) is 33.6 Å². The summed E-state index contributed by atoms with van der Waals surface area (Å²) >= 11 is 1.49. The number of thiophene rings is 1. The molecule has 3 aromatic carbocycles. The maximum atomic E-state index is 13.1. The summed E-state index contributed by atoms with van der Waals surface area (Å²) in [6, 6.07) is 20.7. The molecule has 3 aromatic heterocycles. The van der Waals surface area contributed by atoms with E-state index in [1.54, 1.807) is 13.1 Å². The number of hydrogen-bond acceptors (Lipinski definition) is 10. The fourth-order valence-electron chi connectivity index (χ4n) is 7.50. The molecule has 2 aliphatic heterocycles. The van der Waals surface area contributed by atoms with Crippen molar-refractivity contribution in [3.63, 3.8) is 0 Å². The summed E-state index contributed by atoms with van der Waals surface area (Å²) in [6.07, 6.45) is 0.967. The number of nitrogens with one attached hydrogen (secondary N) is 4. The minimum atomic E-state index is -0.745. The molecule has 2 aliphatic rings. The highest BCUT2D eigenvalue weighted by Crippen LogP contribution is 2.41. The van der Waals surface area contributed by atoms with Crippen LogP contribution in [0.4, 0.5) is 5.69 Å². The standard InChI is InChI=1S/C43H41N7O7S/c1-25-23-45-38-37-29-11-12-30(47-31(29)13-15-34(37)58-40(38)42(54)46-25)28-9-3-6-26(22-28)7-5-18-44-36(52)24-57-21-20-56-19-17-27-8-4-10-32-39(27)49(2)43(55)50(32)33-14-16-35(51)48-41(33)53/h3-4,6,8-13,15,22,25,33,45H,14,16-21,23-24H2,1-2H3,(H,44,52)(H,46,54)(H,48,51,53)/t25-,33?/m1/s1. The van der Waals surface area contributed by atoms with Crippen molar-refractivity contribution in [2.45, 2.75) is 38.3 Å². The van der Waals surface area contributed by atoms with Gasteiger partial charge >= 0.3 is 5.69 Å². The van der Waals surface area contributed by atoms with Crippen molar-refractivity contribution in [3.05, 3.63) is 93.2 Å². The second-order valence-corrected chi connectivity index (χ2v) is 15.4. The van der Waals surface area contributed by atoms with Crippen molar-refractivity contribution in [3.8, 4) is 23.1 Å². The van der Waals surface area contributed by atoms with E-state index in [0.29, 0.717) is 35.5 Å². The van der Waals surface area contributed by atoms with E-state index in [-0.39, 0.29) is 68.7 Å². The largest absolute Gasteiger partial charge is 0.381 e. The zero-order valence-corrected chi connectivity index (χ0v) is 32.8. The Balaban J connectivity index is 0.794. The van der Waals surface area contributed by atoms with Gasteiger partial charge in [0.2, 0.25) is 17.7 Å². The van der Waals surface area contributed by atoms with E-state index in [0.717, 1.165) is 49.1 Å². The molecule has 4 N–H and O–H groups in total. The molecule has 1 fully saturated rings. The number of nitrogens with zero attached hydrogens (tertiary/aromatic N) is 3. The van der Waals surface area contributed by atoms with Crippen molar-refractivity contribution < 1.29 is 28.7 Å². The molecule has 1 saturated heterocycles. The molecule has 58 heavy (non-hydrogen) atoms. The van der Waals surface area contributed by atoms with Crippen molar-refractivity contribution in [1.29, 1.82) is 0 Å². The van der Waals surface area contributed by atoms with Gasteiger partial charge in [0.05, 0.1) is 54.3 Å². The molecule has 0 spiro atoms. The maximum Gasteiger partial charge on any atom is 0.329 e. The minimum Gasteiger partial charge on any atom is -0.381 e. The Labute approximate surface area is 336 Å². The number of anilines is 1. The first-order valence-corrected chi connectivity index (χ1v) is 19.9. The van der Waals surface area contributed by atoms with Gasteiger partial charge in [-0.25, -0.2) is 9.78 Å². The lowest BCUT2D eigenvalue weighted by molar-refractivity contribution is -0.135. The molecule has 0 bridgehead atoms. The first kappa shape index (κ1) is 38.5. The zero-order valence-electron chi connectivity index (χ0n) is 32.0. The number of amides is 4. The highest BCUT2D eigenvalue weighted by molar-refractivity contribution is 7.21. The Hall–Kier alpha value is -6.34. The molecule has 296 valence electrons. The van der Waals surface area contributed by atoms with Crippen LogP contribution in [0.15, 0.2) is 71.5 Å². The number of rotatable bonds is 11. The highest BCUT2D eigenvalue weighted by Gasteiger charge is 2.31. The van der Waals surface area contributed by atoms with Crippen LogP contribution in [0, 0.1) is 11.8 Å². The molecule has 1 unspecified atom stereocenters. The number of aryl methyl sites for hydroxylation is 1. The Morgan fingerprint density at radius 2 is 1.86 bits per heavy atom. The number of hydrogen-bond donors (Lipinski definition) is 4. The second-order valence-electron chi connectivity index (χ2n) is 14.3. The summed E-state index contributed by atoms with van der Waals surface area (Å²) in [5.74, 6) is 4.95. The molecule has 2 atom stereocenters. The lowest BCUT2D eigenvalue weighted by Crippen LogP contribution is -2.44. The number of piperidine rings is 1. The van der Waals surface area contributed by atoms with Gasteiger partial charge in [0.1, 0.15) is 17.5 Å². The molecular formula is C43H41N7O7S. The van der Waals surface area contributed by atoms with Gasteiger partial charge in [-0.2, -0.15) is 0 Å². The van der Waals surface area contributed by atoms with Crippen LogP contribution in [0.25, 0.3) is 43.3 Å². The van der Waals surface area contributed by atoms with Crippen LogP contribution in [0.5, 0.6) is 0 Å². The first-order valence-electron chi connectivity index (χ1n) is 19.1. The Morgan fingerprint density at radius 3 is 2.72 bits per heavy atom. The van der Waals surface area contributed by atoms with E-state index in [1.807, 2.05) is 61.5 Å². The lowest BCUT2D eigenvalue weighted by atomic mass is 10.0. The van der Waals surface area contributed by atoms with E-state index in [2.05, 4.69) is 39.2 Å². The van der Waals surface area contributed by atoms with Crippen LogP contribution in [0.3, 0.4) is 0 Å². The van der Waals surface area contributed by atoms with Crippen LogP contribution in [0.2, 0.25) is 0 Å². The summed E-state index contributed by atoms with van der Waals surface area (Å²) in [5, 5.41) is 13.6. The van der Waals surface area contributed by atoms with Crippen molar-refractivity contribution in [1.82, 2.24) is 30.1 Å². The van der Waals surface area contributed by atoms with Gasteiger partial charge in [0.15, 0.2) is 0 Å². The van der Waals surface area contributed by atoms with Gasteiger partial charge in [-0.15, -0.1) is 11.3 Å². The highest BCUT2D eigenvalue weighted by atomic mass is 32.1. The van der Waals surface area contributed by atoms with Crippen molar-refractivity contribution in [2.75, 3.05) is 44.8 Å². The minimum absolute atomic E-state index is 0.0322. The molecular weight excluding hydrogens is 759 g/mol. The van der Waals surface area contributed by atoms with Crippen LogP contribution < -0.4 is 27.0 Å². The molecule has 0 aliphatic carbocycles. The Kier molecular flexibility index (Phi) is 11.1. The number of pyridine rings is 1. The average Bonchev–Trinajstić information content (AvgIpc) is 3.67. The molecule has 5 heterocycles. The Bertz CT molecular complexity index is 2740. The van der Waals surface area contributed by atoms with Gasteiger partial charge < -0.3 is 25.4 Å². The number of ether oxygens (including phenoxy) is 2. The van der Waals surface area contributed by atoms with Crippen LogP contribution in [-0.4, -0.2) is 83.3 Å². The Morgan fingerprint density at radius 1 is 1.02 bits per heavy atom. The van der Waals surface area contributed by atoms with Crippen molar-refractivity contribution in [2.24, 2.45) is 7.05 Å². The van der Waals surface area contributed by atoms with Crippen LogP contribution in [-0.2, 0) is 37.3 Å². The fraction of sp³-hybridized carbons (Fsp3) is 0.302. The van der Waals surface area contributed by atoms with Crippen LogP contribution in [0.1, 0.15) is 46.6 Å². The normalized spacial score (nSPS) is 16.6. The number of imide groups is 1. The molecule has 0 saturated carbocycles. The van der Waals surface area contributed by atoms with Gasteiger partial charge in [0, 0.05) is 52.7 Å². The summed E-state index contributed by atoms with van der Waals surface area (Å²) in [5.41, 5.74) is 6.12. The number of fused-ring (bicyclic) bond motifs is 6. The number of carbonyl (C=O) groups excluding carboxylic acids is 4. The van der Waals surface area contributed by atoms with Crippen molar-refractivity contribution >= 4 is 72.7 Å². The van der Waals surface area contributed by atoms with E-state index >= 15 is 0 Å². The molecule has 0 radical (unpaired) electrons. The van der Waals surface area contributed by atoms with E-state index in [4.69, 9.17) is 14.5 Å². The lowest BCUT2D eigenvalue weighted by Gasteiger charge is -2.21. The van der Waals surface area contributed by atoms with E-state index in [9.17, 15) is 24.0 Å². The number of benzene rings is 3. The average molecular weight is 800 g/mol. The van der Waals surface area contributed by atoms with Crippen LogP contribution >= 0.6 is 11.3 Å². The molecule has 15 heteroatoms. The van der Waals surface area contributed by atoms with Gasteiger partial charge in [-0.05, 0) is 67.8 Å². The predicted octanol–water partition coefficient (Wildman–Crippen LogP) is 4.04. The number of para-hydroxylation sites is 1. The first-order chi connectivity index (χ1) is 28.2. The third-order valence-corrected chi connectivity index (χ3v) is 11.4. The predicted molar refractivity (Wildman–Crippen MR) is 222 cm³/mol. The molecule has 14 nitrogen and oxygen atoms in total. The van der Waals surface area contributed by atoms with Gasteiger partial charge in [0.25, 0.3) is 5.91 Å². The second kappa shape index (κ2) is 16.6. The van der Waals surface area contributed by atoms with E-state index in [1.165, 1.54) is 20.5 Å². The molecule has 4 amide bonds. The summed E-state index contributed by atoms with van der Waals surface area (Å²) in [4.78, 5) is 68.1. The maximum absolute atomic E-state index is 13.1. The quantitative estimate of drug-likeness (QED) is 0.0857. The fourth-order valence-corrected chi connectivity index (χ4v) is 8.60. The third kappa shape index (κ3) is 7.82. The zero-order chi connectivity index (χ0) is 40.3. The topological polar surface area (TPSA) is 175 Å². The third-order valence-electron chi connectivity index (χ3n) is 10.3.